The van der Waals surface area contributed by atoms with Crippen LogP contribution in [0.5, 0.6) is 0 Å². The lowest BCUT2D eigenvalue weighted by Gasteiger charge is -2.13. The summed E-state index contributed by atoms with van der Waals surface area (Å²) in [5, 5.41) is 7.98. The van der Waals surface area contributed by atoms with Gasteiger partial charge in [0.2, 0.25) is 0 Å². The SMILES string of the molecule is Cc1nc(-c2cn(C(C)c3ccc(C(F)(F)F)cc3)nn2)cc(=O)[nH]1. The van der Waals surface area contributed by atoms with Gasteiger partial charge in [-0.25, -0.2) is 9.67 Å². The van der Waals surface area contributed by atoms with E-state index in [1.165, 1.54) is 22.9 Å². The number of halogens is 3. The van der Waals surface area contributed by atoms with E-state index in [0.29, 0.717) is 22.8 Å². The number of aromatic amines is 1. The highest BCUT2D eigenvalue weighted by Gasteiger charge is 2.30. The van der Waals surface area contributed by atoms with Crippen LogP contribution in [0.1, 0.15) is 29.9 Å². The van der Waals surface area contributed by atoms with Gasteiger partial charge in [-0.15, -0.1) is 5.10 Å². The number of rotatable bonds is 3. The molecule has 2 aromatic heterocycles. The fourth-order valence-electron chi connectivity index (χ4n) is 2.40. The molecule has 3 aromatic rings. The minimum Gasteiger partial charge on any atom is -0.311 e. The zero-order valence-electron chi connectivity index (χ0n) is 13.4. The smallest absolute Gasteiger partial charge is 0.311 e. The van der Waals surface area contributed by atoms with Gasteiger partial charge < -0.3 is 4.98 Å². The summed E-state index contributed by atoms with van der Waals surface area (Å²) in [7, 11) is 0. The van der Waals surface area contributed by atoms with E-state index in [-0.39, 0.29) is 11.6 Å². The zero-order chi connectivity index (χ0) is 18.2. The second-order valence-electron chi connectivity index (χ2n) is 5.60. The van der Waals surface area contributed by atoms with E-state index in [2.05, 4.69) is 20.3 Å². The van der Waals surface area contributed by atoms with Crippen LogP contribution < -0.4 is 5.56 Å². The van der Waals surface area contributed by atoms with Crippen LogP contribution in [0.3, 0.4) is 0 Å². The fourth-order valence-corrected chi connectivity index (χ4v) is 2.40. The maximum absolute atomic E-state index is 12.6. The van der Waals surface area contributed by atoms with Gasteiger partial charge in [-0.2, -0.15) is 13.2 Å². The van der Waals surface area contributed by atoms with Gasteiger partial charge in [0.25, 0.3) is 5.56 Å². The molecule has 0 aliphatic rings. The topological polar surface area (TPSA) is 76.5 Å². The molecule has 3 rings (SSSR count). The quantitative estimate of drug-likeness (QED) is 0.789. The molecule has 0 radical (unpaired) electrons. The maximum Gasteiger partial charge on any atom is 0.416 e. The summed E-state index contributed by atoms with van der Waals surface area (Å²) in [6.45, 7) is 3.44. The normalized spacial score (nSPS) is 13.0. The van der Waals surface area contributed by atoms with E-state index in [9.17, 15) is 18.0 Å². The van der Waals surface area contributed by atoms with Crippen LogP contribution >= 0.6 is 0 Å². The second kappa shape index (κ2) is 6.15. The third-order valence-electron chi connectivity index (χ3n) is 3.75. The standard InChI is InChI=1S/C16H14F3N5O/c1-9(11-3-5-12(6-4-11)16(17,18)19)24-8-14(22-23-24)13-7-15(25)21-10(2)20-13/h3-9H,1-2H3,(H,20,21,25). The van der Waals surface area contributed by atoms with Gasteiger partial charge in [-0.3, -0.25) is 4.79 Å². The lowest BCUT2D eigenvalue weighted by Crippen LogP contribution is -2.09. The predicted molar refractivity (Wildman–Crippen MR) is 83.9 cm³/mol. The molecule has 0 saturated carbocycles. The number of H-pyrrole nitrogens is 1. The van der Waals surface area contributed by atoms with Crippen LogP contribution in [0.4, 0.5) is 13.2 Å². The minimum absolute atomic E-state index is 0.298. The largest absolute Gasteiger partial charge is 0.416 e. The van der Waals surface area contributed by atoms with Crippen molar-refractivity contribution in [2.24, 2.45) is 0 Å². The van der Waals surface area contributed by atoms with Crippen molar-refractivity contribution in [2.45, 2.75) is 26.1 Å². The number of hydrogen-bond acceptors (Lipinski definition) is 4. The molecule has 130 valence electrons. The Balaban J connectivity index is 1.87. The van der Waals surface area contributed by atoms with Crippen molar-refractivity contribution in [2.75, 3.05) is 0 Å². The Morgan fingerprint density at radius 3 is 2.44 bits per heavy atom. The first-order valence-electron chi connectivity index (χ1n) is 7.41. The number of nitrogens with zero attached hydrogens (tertiary/aromatic N) is 4. The third-order valence-corrected chi connectivity index (χ3v) is 3.75. The summed E-state index contributed by atoms with van der Waals surface area (Å²) >= 11 is 0. The summed E-state index contributed by atoms with van der Waals surface area (Å²) in [6, 6.07) is 5.86. The molecular formula is C16H14F3N5O. The molecule has 0 bridgehead atoms. The summed E-state index contributed by atoms with van der Waals surface area (Å²) in [6.07, 6.45) is -2.77. The Labute approximate surface area is 140 Å². The molecule has 2 heterocycles. The number of alkyl halides is 3. The first-order chi connectivity index (χ1) is 11.7. The molecule has 6 nitrogen and oxygen atoms in total. The Morgan fingerprint density at radius 2 is 1.84 bits per heavy atom. The average molecular weight is 349 g/mol. The van der Waals surface area contributed by atoms with Gasteiger partial charge in [0, 0.05) is 6.07 Å². The average Bonchev–Trinajstić information content (AvgIpc) is 3.02. The van der Waals surface area contributed by atoms with Crippen molar-refractivity contribution in [3.63, 3.8) is 0 Å². The molecule has 1 atom stereocenters. The lowest BCUT2D eigenvalue weighted by molar-refractivity contribution is -0.137. The molecule has 9 heteroatoms. The molecule has 1 aromatic carbocycles. The number of benzene rings is 1. The highest BCUT2D eigenvalue weighted by atomic mass is 19.4. The minimum atomic E-state index is -4.37. The number of aromatic nitrogens is 5. The van der Waals surface area contributed by atoms with E-state index < -0.39 is 11.7 Å². The lowest BCUT2D eigenvalue weighted by atomic mass is 10.1. The monoisotopic (exact) mass is 349 g/mol. The Morgan fingerprint density at radius 1 is 1.16 bits per heavy atom. The van der Waals surface area contributed by atoms with Gasteiger partial charge in [-0.05, 0) is 31.5 Å². The Bertz CT molecular complexity index is 943. The van der Waals surface area contributed by atoms with Crippen LogP contribution in [0.15, 0.2) is 41.3 Å². The highest BCUT2D eigenvalue weighted by molar-refractivity contribution is 5.51. The van der Waals surface area contributed by atoms with Crippen molar-refractivity contribution in [3.05, 3.63) is 63.8 Å². The van der Waals surface area contributed by atoms with Crippen molar-refractivity contribution in [1.82, 2.24) is 25.0 Å². The van der Waals surface area contributed by atoms with E-state index in [1.807, 2.05) is 0 Å². The van der Waals surface area contributed by atoms with Crippen LogP contribution in [0, 0.1) is 6.92 Å². The van der Waals surface area contributed by atoms with Crippen LogP contribution in [0.25, 0.3) is 11.4 Å². The van der Waals surface area contributed by atoms with Gasteiger partial charge in [-0.1, -0.05) is 17.3 Å². The van der Waals surface area contributed by atoms with Crippen LogP contribution in [-0.4, -0.2) is 25.0 Å². The van der Waals surface area contributed by atoms with E-state index >= 15 is 0 Å². The summed E-state index contributed by atoms with van der Waals surface area (Å²) in [5.41, 5.74) is 0.443. The van der Waals surface area contributed by atoms with Crippen molar-refractivity contribution in [3.8, 4) is 11.4 Å². The third kappa shape index (κ3) is 3.59. The van der Waals surface area contributed by atoms with Crippen LogP contribution in [-0.2, 0) is 6.18 Å². The first kappa shape index (κ1) is 16.9. The maximum atomic E-state index is 12.6. The molecule has 0 spiro atoms. The highest BCUT2D eigenvalue weighted by Crippen LogP contribution is 2.30. The number of hydrogen-bond donors (Lipinski definition) is 1. The van der Waals surface area contributed by atoms with Crippen molar-refractivity contribution < 1.29 is 13.2 Å². The summed E-state index contributed by atoms with van der Waals surface area (Å²) < 4.78 is 39.4. The molecule has 25 heavy (non-hydrogen) atoms. The summed E-state index contributed by atoms with van der Waals surface area (Å²) in [5.74, 6) is 0.452. The molecular weight excluding hydrogens is 335 g/mol. The molecule has 0 fully saturated rings. The molecule has 0 saturated heterocycles. The van der Waals surface area contributed by atoms with Gasteiger partial charge in [0.15, 0.2) is 0 Å². The van der Waals surface area contributed by atoms with E-state index in [1.54, 1.807) is 20.0 Å². The molecule has 0 aliphatic heterocycles. The zero-order valence-corrected chi connectivity index (χ0v) is 13.4. The van der Waals surface area contributed by atoms with Gasteiger partial charge in [0.1, 0.15) is 11.5 Å². The molecule has 1 N–H and O–H groups in total. The van der Waals surface area contributed by atoms with E-state index in [0.717, 1.165) is 12.1 Å². The Hall–Kier alpha value is -2.97. The van der Waals surface area contributed by atoms with E-state index in [4.69, 9.17) is 0 Å². The second-order valence-corrected chi connectivity index (χ2v) is 5.60. The van der Waals surface area contributed by atoms with Gasteiger partial charge in [0.05, 0.1) is 23.5 Å². The van der Waals surface area contributed by atoms with Crippen molar-refractivity contribution >= 4 is 0 Å². The fraction of sp³-hybridized carbons (Fsp3) is 0.250. The molecule has 1 unspecified atom stereocenters. The van der Waals surface area contributed by atoms with Crippen molar-refractivity contribution in [1.29, 1.82) is 0 Å². The first-order valence-corrected chi connectivity index (χ1v) is 7.41. The number of aryl methyl sites for hydroxylation is 1. The predicted octanol–water partition coefficient (Wildman–Crippen LogP) is 2.96. The molecule has 0 amide bonds. The summed E-state index contributed by atoms with van der Waals surface area (Å²) in [4.78, 5) is 18.2. The van der Waals surface area contributed by atoms with Crippen LogP contribution in [0.2, 0.25) is 0 Å². The van der Waals surface area contributed by atoms with Gasteiger partial charge >= 0.3 is 6.18 Å². The number of nitrogens with one attached hydrogen (secondary N) is 1. The molecule has 0 aliphatic carbocycles. The Kier molecular flexibility index (Phi) is 4.15.